The van der Waals surface area contributed by atoms with Crippen LogP contribution in [0.25, 0.3) is 0 Å². The second-order valence-electron chi connectivity index (χ2n) is 4.55. The van der Waals surface area contributed by atoms with E-state index in [4.69, 9.17) is 5.11 Å². The molecule has 24 heavy (non-hydrogen) atoms. The topological polar surface area (TPSA) is 153 Å². The molecule has 0 heterocycles. The van der Waals surface area contributed by atoms with E-state index in [1.807, 2.05) is 0 Å². The lowest BCUT2D eigenvalue weighted by atomic mass is 10.1. The van der Waals surface area contributed by atoms with Gasteiger partial charge in [-0.2, -0.15) is 0 Å². The molecular formula is C14H9N3O7. The molecule has 0 spiro atoms. The molecule has 0 saturated carbocycles. The van der Waals surface area contributed by atoms with Crippen LogP contribution in [0.2, 0.25) is 0 Å². The van der Waals surface area contributed by atoms with Crippen molar-refractivity contribution in [1.82, 2.24) is 0 Å². The van der Waals surface area contributed by atoms with Crippen LogP contribution in [0.5, 0.6) is 0 Å². The molecule has 0 unspecified atom stereocenters. The van der Waals surface area contributed by atoms with E-state index >= 15 is 0 Å². The van der Waals surface area contributed by atoms with E-state index in [-0.39, 0.29) is 28.2 Å². The van der Waals surface area contributed by atoms with Crippen molar-refractivity contribution in [2.24, 2.45) is 0 Å². The average molecular weight is 331 g/mol. The van der Waals surface area contributed by atoms with Gasteiger partial charge in [-0.25, -0.2) is 4.79 Å². The van der Waals surface area contributed by atoms with Crippen molar-refractivity contribution in [3.63, 3.8) is 0 Å². The number of carbonyl (C=O) groups is 2. The minimum atomic E-state index is -1.37. The van der Waals surface area contributed by atoms with Gasteiger partial charge in [0.05, 0.1) is 21.1 Å². The molecule has 10 nitrogen and oxygen atoms in total. The molecule has 0 radical (unpaired) electrons. The Bertz CT molecular complexity index is 846. The van der Waals surface area contributed by atoms with Crippen LogP contribution in [0.1, 0.15) is 20.7 Å². The predicted octanol–water partition coefficient (Wildman–Crippen LogP) is 2.45. The fourth-order valence-electron chi connectivity index (χ4n) is 1.86. The SMILES string of the molecule is O=C(Nc1cc([N+](=O)[O-])ccc1C(=O)O)c1ccc([N+](=O)[O-])cc1. The van der Waals surface area contributed by atoms with Gasteiger partial charge in [-0.15, -0.1) is 0 Å². The van der Waals surface area contributed by atoms with Gasteiger partial charge in [-0.3, -0.25) is 25.0 Å². The number of carboxylic acids is 1. The molecular weight excluding hydrogens is 322 g/mol. The third kappa shape index (κ3) is 3.50. The fourth-order valence-corrected chi connectivity index (χ4v) is 1.86. The number of hydrogen-bond acceptors (Lipinski definition) is 6. The summed E-state index contributed by atoms with van der Waals surface area (Å²) in [4.78, 5) is 43.2. The summed E-state index contributed by atoms with van der Waals surface area (Å²) >= 11 is 0. The van der Waals surface area contributed by atoms with Crippen LogP contribution in [0.3, 0.4) is 0 Å². The summed E-state index contributed by atoms with van der Waals surface area (Å²) in [6.45, 7) is 0. The number of amides is 1. The van der Waals surface area contributed by atoms with Gasteiger partial charge >= 0.3 is 5.97 Å². The first-order chi connectivity index (χ1) is 11.3. The van der Waals surface area contributed by atoms with Crippen LogP contribution >= 0.6 is 0 Å². The number of nitrogens with zero attached hydrogens (tertiary/aromatic N) is 2. The molecule has 2 aromatic rings. The fraction of sp³-hybridized carbons (Fsp3) is 0. The van der Waals surface area contributed by atoms with Crippen molar-refractivity contribution in [1.29, 1.82) is 0 Å². The third-order valence-electron chi connectivity index (χ3n) is 3.03. The van der Waals surface area contributed by atoms with Gasteiger partial charge in [-0.1, -0.05) is 0 Å². The first kappa shape index (κ1) is 16.5. The van der Waals surface area contributed by atoms with E-state index in [0.717, 1.165) is 30.3 Å². The van der Waals surface area contributed by atoms with Crippen LogP contribution in [0.4, 0.5) is 17.1 Å². The molecule has 1 amide bonds. The maximum Gasteiger partial charge on any atom is 0.337 e. The Balaban J connectivity index is 2.33. The largest absolute Gasteiger partial charge is 0.478 e. The lowest BCUT2D eigenvalue weighted by molar-refractivity contribution is -0.385. The third-order valence-corrected chi connectivity index (χ3v) is 3.03. The minimum Gasteiger partial charge on any atom is -0.478 e. The van der Waals surface area contributed by atoms with Gasteiger partial charge in [0.2, 0.25) is 0 Å². The number of nitrogens with one attached hydrogen (secondary N) is 1. The highest BCUT2D eigenvalue weighted by Crippen LogP contribution is 2.23. The molecule has 2 N–H and O–H groups in total. The van der Waals surface area contributed by atoms with Gasteiger partial charge in [-0.05, 0) is 18.2 Å². The van der Waals surface area contributed by atoms with E-state index in [1.165, 1.54) is 12.1 Å². The molecule has 0 aliphatic heterocycles. The van der Waals surface area contributed by atoms with E-state index in [9.17, 15) is 29.8 Å². The van der Waals surface area contributed by atoms with Crippen molar-refractivity contribution < 1.29 is 24.5 Å². The smallest absolute Gasteiger partial charge is 0.337 e. The molecule has 0 fully saturated rings. The second kappa shape index (κ2) is 6.52. The molecule has 10 heteroatoms. The van der Waals surface area contributed by atoms with Gasteiger partial charge in [0.15, 0.2) is 0 Å². The quantitative estimate of drug-likeness (QED) is 0.630. The van der Waals surface area contributed by atoms with Crippen molar-refractivity contribution in [2.45, 2.75) is 0 Å². The predicted molar refractivity (Wildman–Crippen MR) is 81.1 cm³/mol. The normalized spacial score (nSPS) is 10.0. The Morgan fingerprint density at radius 2 is 1.46 bits per heavy atom. The minimum absolute atomic E-state index is 0.0310. The standard InChI is InChI=1S/C14H9N3O7/c18-13(8-1-3-9(4-2-8)16(21)22)15-12-7-10(17(23)24)5-6-11(12)14(19)20/h1-7H,(H,15,18)(H,19,20). The zero-order valence-electron chi connectivity index (χ0n) is 11.8. The first-order valence-electron chi connectivity index (χ1n) is 6.37. The van der Waals surface area contributed by atoms with Gasteiger partial charge < -0.3 is 10.4 Å². The number of carbonyl (C=O) groups excluding carboxylic acids is 1. The number of carboxylic acid groups (broad SMARTS) is 1. The monoisotopic (exact) mass is 331 g/mol. The molecule has 0 atom stereocenters. The molecule has 0 aliphatic rings. The molecule has 2 aromatic carbocycles. The summed E-state index contributed by atoms with van der Waals surface area (Å²) in [5.74, 6) is -2.13. The highest BCUT2D eigenvalue weighted by molar-refractivity contribution is 6.08. The highest BCUT2D eigenvalue weighted by atomic mass is 16.6. The molecule has 0 saturated heterocycles. The van der Waals surface area contributed by atoms with E-state index in [1.54, 1.807) is 0 Å². The molecule has 0 aliphatic carbocycles. The summed E-state index contributed by atoms with van der Waals surface area (Å²) in [5.41, 5.74) is -1.15. The number of hydrogen-bond donors (Lipinski definition) is 2. The average Bonchev–Trinajstić information content (AvgIpc) is 2.54. The van der Waals surface area contributed by atoms with Gasteiger partial charge in [0.25, 0.3) is 17.3 Å². The maximum absolute atomic E-state index is 12.1. The molecule has 122 valence electrons. The number of aromatic carboxylic acids is 1. The zero-order valence-corrected chi connectivity index (χ0v) is 11.8. The summed E-state index contributed by atoms with van der Waals surface area (Å²) in [6, 6.07) is 7.53. The summed E-state index contributed by atoms with van der Waals surface area (Å²) < 4.78 is 0. The number of nitro benzene ring substituents is 2. The van der Waals surface area contributed by atoms with E-state index in [0.29, 0.717) is 0 Å². The highest BCUT2D eigenvalue weighted by Gasteiger charge is 2.18. The van der Waals surface area contributed by atoms with Crippen LogP contribution < -0.4 is 5.32 Å². The van der Waals surface area contributed by atoms with E-state index in [2.05, 4.69) is 5.32 Å². The summed E-state index contributed by atoms with van der Waals surface area (Å²) in [6.07, 6.45) is 0. The Morgan fingerprint density at radius 1 is 0.917 bits per heavy atom. The zero-order chi connectivity index (χ0) is 17.9. The number of rotatable bonds is 5. The van der Waals surface area contributed by atoms with Crippen LogP contribution in [-0.4, -0.2) is 26.8 Å². The first-order valence-corrected chi connectivity index (χ1v) is 6.37. The Labute approximate surface area is 133 Å². The summed E-state index contributed by atoms with van der Waals surface area (Å²) in [5, 5.41) is 32.7. The Hall–Kier alpha value is -3.82. The van der Waals surface area contributed by atoms with Crippen LogP contribution in [0, 0.1) is 20.2 Å². The molecule has 0 aromatic heterocycles. The summed E-state index contributed by atoms with van der Waals surface area (Å²) in [7, 11) is 0. The van der Waals surface area contributed by atoms with E-state index < -0.39 is 21.7 Å². The van der Waals surface area contributed by atoms with Crippen molar-refractivity contribution in [3.8, 4) is 0 Å². The lowest BCUT2D eigenvalue weighted by Gasteiger charge is -2.08. The number of benzene rings is 2. The molecule has 2 rings (SSSR count). The number of anilines is 1. The maximum atomic E-state index is 12.1. The van der Waals surface area contributed by atoms with Crippen LogP contribution in [0.15, 0.2) is 42.5 Å². The van der Waals surface area contributed by atoms with Gasteiger partial charge in [0.1, 0.15) is 0 Å². The lowest BCUT2D eigenvalue weighted by Crippen LogP contribution is -2.15. The van der Waals surface area contributed by atoms with Crippen molar-refractivity contribution in [2.75, 3.05) is 5.32 Å². The van der Waals surface area contributed by atoms with Crippen molar-refractivity contribution in [3.05, 3.63) is 73.8 Å². The second-order valence-corrected chi connectivity index (χ2v) is 4.55. The van der Waals surface area contributed by atoms with Crippen molar-refractivity contribution >= 4 is 28.9 Å². The molecule has 0 bridgehead atoms. The Morgan fingerprint density at radius 3 is 1.96 bits per heavy atom. The number of nitro groups is 2. The van der Waals surface area contributed by atoms with Gasteiger partial charge in [0, 0.05) is 29.8 Å². The number of non-ortho nitro benzene ring substituents is 2. The van der Waals surface area contributed by atoms with Crippen LogP contribution in [-0.2, 0) is 0 Å². The Kier molecular flexibility index (Phi) is 4.50.